The van der Waals surface area contributed by atoms with Crippen molar-refractivity contribution in [2.75, 3.05) is 13.1 Å². The summed E-state index contributed by atoms with van der Waals surface area (Å²) in [5, 5.41) is 4.26. The maximum absolute atomic E-state index is 15.8. The number of ether oxygens (including phenoxy) is 1. The summed E-state index contributed by atoms with van der Waals surface area (Å²) in [7, 11) is 0. The Bertz CT molecular complexity index is 1800. The number of para-hydroxylation sites is 1. The lowest BCUT2D eigenvalue weighted by molar-refractivity contribution is -0.139. The van der Waals surface area contributed by atoms with Crippen LogP contribution >= 0.6 is 0 Å². The van der Waals surface area contributed by atoms with Crippen molar-refractivity contribution in [1.29, 1.82) is 0 Å². The van der Waals surface area contributed by atoms with Gasteiger partial charge in [-0.05, 0) is 36.0 Å². The molecule has 2 unspecified atom stereocenters. The number of fused-ring (bicyclic) bond motifs is 1. The monoisotopic (exact) mass is 660 g/mol. The van der Waals surface area contributed by atoms with Crippen LogP contribution in [0.25, 0.3) is 0 Å². The molecule has 0 bridgehead atoms. The lowest BCUT2D eigenvalue weighted by Gasteiger charge is -2.39. The number of likely N-dealkylation sites (tertiary alicyclic amines) is 1. The number of carbonyl (C=O) groups is 2. The number of hydrogen-bond donors (Lipinski definition) is 0. The van der Waals surface area contributed by atoms with Gasteiger partial charge < -0.3 is 9.64 Å². The van der Waals surface area contributed by atoms with Crippen LogP contribution in [0, 0.1) is 5.92 Å². The van der Waals surface area contributed by atoms with Crippen LogP contribution in [0.2, 0.25) is 0 Å². The number of benzene rings is 2. The third-order valence-corrected chi connectivity index (χ3v) is 9.70. The van der Waals surface area contributed by atoms with Crippen LogP contribution in [-0.2, 0) is 29.8 Å². The average molecular weight is 661 g/mol. The third-order valence-electron chi connectivity index (χ3n) is 9.70. The Morgan fingerprint density at radius 1 is 1.12 bits per heavy atom. The number of carbonyl (C=O) groups excluding carboxylic acids is 2. The van der Waals surface area contributed by atoms with Crippen molar-refractivity contribution in [2.24, 2.45) is 10.9 Å². The first-order chi connectivity index (χ1) is 23.0. The van der Waals surface area contributed by atoms with Gasteiger partial charge in [0.25, 0.3) is 0 Å². The van der Waals surface area contributed by atoms with Gasteiger partial charge in [-0.25, -0.2) is 4.39 Å². The average Bonchev–Trinajstić information content (AvgIpc) is 3.67. The molecule has 48 heavy (non-hydrogen) atoms. The normalized spacial score (nSPS) is 22.3. The molecule has 2 fully saturated rings. The topological polar surface area (TPSA) is 76.8 Å². The fourth-order valence-electron chi connectivity index (χ4n) is 6.89. The fourth-order valence-corrected chi connectivity index (χ4v) is 6.89. The summed E-state index contributed by atoms with van der Waals surface area (Å²) >= 11 is 0. The Balaban J connectivity index is 1.07. The molecule has 250 valence electrons. The van der Waals surface area contributed by atoms with E-state index in [0.717, 1.165) is 24.5 Å². The molecule has 0 spiro atoms. The second kappa shape index (κ2) is 12.5. The number of amides is 1. The highest BCUT2D eigenvalue weighted by atomic mass is 19.4. The van der Waals surface area contributed by atoms with Gasteiger partial charge in [0, 0.05) is 49.5 Å². The number of hydrogen-bond acceptors (Lipinski definition) is 5. The van der Waals surface area contributed by atoms with E-state index < -0.39 is 23.5 Å². The first-order valence-electron chi connectivity index (χ1n) is 16.3. The predicted octanol–water partition coefficient (Wildman–Crippen LogP) is 7.68. The van der Waals surface area contributed by atoms with Crippen molar-refractivity contribution in [2.45, 2.75) is 75.5 Å². The van der Waals surface area contributed by atoms with Crippen molar-refractivity contribution in [1.82, 2.24) is 14.7 Å². The number of nitrogens with zero attached hydrogens (tertiary/aromatic N) is 4. The van der Waals surface area contributed by atoms with E-state index in [1.54, 1.807) is 12.1 Å². The molecule has 7 rings (SSSR count). The Morgan fingerprint density at radius 3 is 2.60 bits per heavy atom. The zero-order valence-corrected chi connectivity index (χ0v) is 26.4. The molecular formula is C37H36F4N4O3. The fraction of sp³-hybridized carbons (Fsp3) is 0.405. The van der Waals surface area contributed by atoms with E-state index in [1.807, 2.05) is 35.2 Å². The molecule has 2 aliphatic carbocycles. The molecule has 2 aliphatic heterocycles. The molecular weight excluding hydrogens is 624 g/mol. The number of ketones is 1. The van der Waals surface area contributed by atoms with Crippen molar-refractivity contribution < 1.29 is 31.9 Å². The van der Waals surface area contributed by atoms with Crippen LogP contribution in [0.3, 0.4) is 0 Å². The van der Waals surface area contributed by atoms with Crippen LogP contribution in [0.5, 0.6) is 5.75 Å². The Hall–Kier alpha value is -4.54. The smallest absolute Gasteiger partial charge is 0.419 e. The van der Waals surface area contributed by atoms with E-state index in [1.165, 1.54) is 23.0 Å². The number of halogens is 4. The highest BCUT2D eigenvalue weighted by Crippen LogP contribution is 2.44. The van der Waals surface area contributed by atoms with Crippen molar-refractivity contribution in [3.8, 4) is 5.75 Å². The minimum Gasteiger partial charge on any atom is -0.488 e. The first kappa shape index (κ1) is 32.0. The maximum Gasteiger partial charge on any atom is 0.419 e. The van der Waals surface area contributed by atoms with E-state index in [0.29, 0.717) is 43.1 Å². The molecule has 3 aromatic rings. The van der Waals surface area contributed by atoms with Crippen LogP contribution in [-0.4, -0.2) is 45.2 Å². The van der Waals surface area contributed by atoms with Crippen LogP contribution < -0.4 is 4.74 Å². The van der Waals surface area contributed by atoms with Gasteiger partial charge in [-0.2, -0.15) is 18.3 Å². The number of Topliss-reactive ketones (excluding diaryl/α,β-unsaturated/α-hetero) is 1. The summed E-state index contributed by atoms with van der Waals surface area (Å²) in [5.41, 5.74) is 0.244. The quantitative estimate of drug-likeness (QED) is 0.156. The van der Waals surface area contributed by atoms with Gasteiger partial charge in [0.15, 0.2) is 11.5 Å². The van der Waals surface area contributed by atoms with E-state index in [-0.39, 0.29) is 66.2 Å². The Kier molecular flexibility index (Phi) is 8.33. The lowest BCUT2D eigenvalue weighted by Crippen LogP contribution is -2.48. The number of dihydropyridines is 1. The van der Waals surface area contributed by atoms with Crippen LogP contribution in [0.1, 0.15) is 88.8 Å². The van der Waals surface area contributed by atoms with E-state index in [2.05, 4.69) is 11.7 Å². The number of aliphatic imine (C=N–C) groups is 1. The summed E-state index contributed by atoms with van der Waals surface area (Å²) in [6, 6.07) is 10.7. The lowest BCUT2D eigenvalue weighted by atomic mass is 9.90. The molecule has 2 atom stereocenters. The summed E-state index contributed by atoms with van der Waals surface area (Å²) < 4.78 is 65.9. The maximum atomic E-state index is 15.8. The Morgan fingerprint density at radius 2 is 1.90 bits per heavy atom. The molecule has 0 radical (unpaired) electrons. The highest BCUT2D eigenvalue weighted by Gasteiger charge is 2.47. The SMILES string of the molecule is C=CCC1(F)CC(=O)c2cnn(CC3=NC(c4cccc(C(F)(F)F)c4OCc4ccc(C5CN(C(=O)CC6CC6)C5)cc4)C=CC3)c21. The summed E-state index contributed by atoms with van der Waals surface area (Å²) in [6.07, 6.45) is 4.68. The zero-order chi connectivity index (χ0) is 33.6. The molecule has 2 aromatic carbocycles. The van der Waals surface area contributed by atoms with Gasteiger partial charge in [0.2, 0.25) is 5.91 Å². The molecule has 1 saturated carbocycles. The summed E-state index contributed by atoms with van der Waals surface area (Å²) in [4.78, 5) is 31.4. The number of aromatic nitrogens is 2. The van der Waals surface area contributed by atoms with Crippen LogP contribution in [0.4, 0.5) is 17.6 Å². The molecule has 1 amide bonds. The molecule has 1 saturated heterocycles. The second-order valence-corrected chi connectivity index (χ2v) is 13.3. The predicted molar refractivity (Wildman–Crippen MR) is 172 cm³/mol. The molecule has 4 aliphatic rings. The minimum absolute atomic E-state index is 0.0410. The number of rotatable bonds is 11. The van der Waals surface area contributed by atoms with Gasteiger partial charge in [-0.1, -0.05) is 54.6 Å². The zero-order valence-electron chi connectivity index (χ0n) is 26.4. The van der Waals surface area contributed by atoms with Crippen LogP contribution in [0.15, 0.2) is 78.5 Å². The van der Waals surface area contributed by atoms with Gasteiger partial charge in [0.05, 0.1) is 42.0 Å². The van der Waals surface area contributed by atoms with Gasteiger partial charge in [-0.15, -0.1) is 6.58 Å². The van der Waals surface area contributed by atoms with Crippen molar-refractivity contribution >= 4 is 17.4 Å². The molecule has 7 nitrogen and oxygen atoms in total. The van der Waals surface area contributed by atoms with Crippen molar-refractivity contribution in [3.63, 3.8) is 0 Å². The van der Waals surface area contributed by atoms with Gasteiger partial charge in [0.1, 0.15) is 12.4 Å². The van der Waals surface area contributed by atoms with E-state index >= 15 is 4.39 Å². The first-order valence-corrected chi connectivity index (χ1v) is 16.3. The molecule has 3 heterocycles. The molecule has 0 N–H and O–H groups in total. The Labute approximate surface area is 276 Å². The third kappa shape index (κ3) is 6.34. The summed E-state index contributed by atoms with van der Waals surface area (Å²) in [6.45, 7) is 5.00. The van der Waals surface area contributed by atoms with E-state index in [4.69, 9.17) is 9.73 Å². The van der Waals surface area contributed by atoms with Gasteiger partial charge >= 0.3 is 6.18 Å². The van der Waals surface area contributed by atoms with Crippen molar-refractivity contribution in [3.05, 3.63) is 107 Å². The largest absolute Gasteiger partial charge is 0.488 e. The molecule has 11 heteroatoms. The minimum atomic E-state index is -4.66. The number of alkyl halides is 4. The molecule has 1 aromatic heterocycles. The number of allylic oxidation sites excluding steroid dienone is 2. The van der Waals surface area contributed by atoms with E-state index in [9.17, 15) is 22.8 Å². The summed E-state index contributed by atoms with van der Waals surface area (Å²) in [5.74, 6) is 0.399. The van der Waals surface area contributed by atoms with Gasteiger partial charge in [-0.3, -0.25) is 19.3 Å². The standard InChI is InChI=1S/C37H36F4N4O3/c1-2-15-36(38)17-32(46)29-18-42-45(35(29)36)21-27-5-3-8-31(43-27)28-6-4-7-30(37(39,40)41)34(28)48-22-24-11-13-25(14-12-24)26-19-44(20-26)33(47)16-23-9-10-23/h2-4,6-8,11-14,18,23,26,31H,1,5,9-10,15-17,19-22H2. The highest BCUT2D eigenvalue weighted by molar-refractivity contribution is 6.01. The second-order valence-electron chi connectivity index (χ2n) is 13.3.